The number of alkyl halides is 4. The molecule has 0 spiro atoms. The molecule has 6 heteroatoms. The van der Waals surface area contributed by atoms with E-state index in [0.29, 0.717) is 0 Å². The Hall–Kier alpha value is -0.520. The van der Waals surface area contributed by atoms with Gasteiger partial charge in [0.05, 0.1) is 6.20 Å². The van der Waals surface area contributed by atoms with Crippen molar-refractivity contribution < 1.29 is 13.2 Å². The predicted octanol–water partition coefficient (Wildman–Crippen LogP) is 2.32. The summed E-state index contributed by atoms with van der Waals surface area (Å²) in [6.07, 6.45) is -3.18. The molecule has 0 atom stereocenters. The molecule has 0 amide bonds. The Morgan fingerprint density at radius 3 is 2.55 bits per heavy atom. The smallest absolute Gasteiger partial charge is 0.273 e. The largest absolute Gasteiger partial charge is 0.433 e. The van der Waals surface area contributed by atoms with Gasteiger partial charge in [0, 0.05) is 10.9 Å². The van der Waals surface area contributed by atoms with Crippen molar-refractivity contribution in [1.82, 2.24) is 10.2 Å². The van der Waals surface area contributed by atoms with E-state index in [9.17, 15) is 13.2 Å². The summed E-state index contributed by atoms with van der Waals surface area (Å²) in [5.74, 6) is 0. The summed E-state index contributed by atoms with van der Waals surface area (Å²) in [6.45, 7) is 0. The number of halogens is 4. The minimum Gasteiger partial charge on any atom is -0.273 e. The molecule has 0 saturated heterocycles. The average Bonchev–Trinajstić information content (AvgIpc) is 2.31. The van der Waals surface area contributed by atoms with Crippen molar-refractivity contribution in [3.05, 3.63) is 17.5 Å². The molecule has 0 fully saturated rings. The van der Waals surface area contributed by atoms with Gasteiger partial charge in [-0.15, -0.1) is 0 Å². The molecule has 2 nitrogen and oxygen atoms in total. The van der Waals surface area contributed by atoms with Crippen LogP contribution in [0, 0.1) is 0 Å². The average molecular weight is 229 g/mol. The minimum atomic E-state index is -4.33. The number of nitrogens with one attached hydrogen (secondary N) is 1. The van der Waals surface area contributed by atoms with Crippen LogP contribution < -0.4 is 0 Å². The van der Waals surface area contributed by atoms with Crippen LogP contribution in [0.1, 0.15) is 11.3 Å². The minimum absolute atomic E-state index is 0.123. The van der Waals surface area contributed by atoms with Gasteiger partial charge in [0.25, 0.3) is 0 Å². The van der Waals surface area contributed by atoms with E-state index in [1.54, 1.807) is 0 Å². The van der Waals surface area contributed by atoms with Crippen molar-refractivity contribution in [1.29, 1.82) is 0 Å². The molecule has 0 aliphatic carbocycles. The van der Waals surface area contributed by atoms with Crippen molar-refractivity contribution in [3.63, 3.8) is 0 Å². The number of aromatic amines is 1. The molecule has 0 aliphatic heterocycles. The highest BCUT2D eigenvalue weighted by molar-refractivity contribution is 9.08. The number of aromatic nitrogens is 2. The summed E-state index contributed by atoms with van der Waals surface area (Å²) in [7, 11) is 0. The first-order valence-corrected chi connectivity index (χ1v) is 3.83. The second-order valence-corrected chi connectivity index (χ2v) is 2.46. The molecular formula is C5H4BrF3N2. The van der Waals surface area contributed by atoms with Gasteiger partial charge < -0.3 is 0 Å². The van der Waals surface area contributed by atoms with Crippen LogP contribution in [0.4, 0.5) is 13.2 Å². The van der Waals surface area contributed by atoms with Gasteiger partial charge in [-0.05, 0) is 0 Å². The van der Waals surface area contributed by atoms with Gasteiger partial charge in [0.15, 0.2) is 0 Å². The van der Waals surface area contributed by atoms with E-state index in [1.165, 1.54) is 0 Å². The maximum Gasteiger partial charge on any atom is 0.433 e. The molecule has 1 N–H and O–H groups in total. The molecule has 1 heterocycles. The first-order chi connectivity index (χ1) is 5.05. The number of hydrogen-bond acceptors (Lipinski definition) is 1. The van der Waals surface area contributed by atoms with Gasteiger partial charge in [-0.25, -0.2) is 0 Å². The number of rotatable bonds is 1. The zero-order chi connectivity index (χ0) is 8.48. The molecule has 0 radical (unpaired) electrons. The Morgan fingerprint density at radius 1 is 1.55 bits per heavy atom. The van der Waals surface area contributed by atoms with Crippen molar-refractivity contribution >= 4 is 15.9 Å². The highest BCUT2D eigenvalue weighted by Gasteiger charge is 2.34. The van der Waals surface area contributed by atoms with E-state index in [0.717, 1.165) is 6.20 Å². The van der Waals surface area contributed by atoms with Crippen molar-refractivity contribution in [2.75, 3.05) is 0 Å². The lowest BCUT2D eigenvalue weighted by atomic mass is 10.3. The lowest BCUT2D eigenvalue weighted by molar-refractivity contribution is -0.141. The second-order valence-electron chi connectivity index (χ2n) is 1.90. The van der Waals surface area contributed by atoms with E-state index in [1.807, 2.05) is 5.10 Å². The molecule has 0 unspecified atom stereocenters. The highest BCUT2D eigenvalue weighted by atomic mass is 79.9. The fourth-order valence-electron chi connectivity index (χ4n) is 0.658. The van der Waals surface area contributed by atoms with Crippen LogP contribution >= 0.6 is 15.9 Å². The van der Waals surface area contributed by atoms with E-state index < -0.39 is 11.9 Å². The lowest BCUT2D eigenvalue weighted by Gasteiger charge is -2.03. The van der Waals surface area contributed by atoms with Crippen LogP contribution in [0.15, 0.2) is 6.20 Å². The van der Waals surface area contributed by atoms with Gasteiger partial charge in [-0.1, -0.05) is 15.9 Å². The Morgan fingerprint density at radius 2 is 2.18 bits per heavy atom. The topological polar surface area (TPSA) is 28.7 Å². The van der Waals surface area contributed by atoms with Crippen molar-refractivity contribution in [2.45, 2.75) is 11.5 Å². The van der Waals surface area contributed by atoms with Crippen LogP contribution in [-0.4, -0.2) is 10.2 Å². The van der Waals surface area contributed by atoms with Gasteiger partial charge in [-0.3, -0.25) is 5.10 Å². The molecule has 1 aromatic heterocycles. The van der Waals surface area contributed by atoms with Gasteiger partial charge in [0.1, 0.15) is 5.69 Å². The maximum absolute atomic E-state index is 12.0. The SMILES string of the molecule is FC(F)(F)c1[nH]ncc1CBr. The molecular weight excluding hydrogens is 225 g/mol. The molecule has 0 saturated carbocycles. The van der Waals surface area contributed by atoms with Crippen LogP contribution in [0.3, 0.4) is 0 Å². The summed E-state index contributed by atoms with van der Waals surface area (Å²) < 4.78 is 35.9. The first-order valence-electron chi connectivity index (χ1n) is 2.71. The van der Waals surface area contributed by atoms with E-state index >= 15 is 0 Å². The summed E-state index contributed by atoms with van der Waals surface area (Å²) in [6, 6.07) is 0. The Balaban J connectivity index is 3.02. The van der Waals surface area contributed by atoms with Crippen molar-refractivity contribution in [3.8, 4) is 0 Å². The van der Waals surface area contributed by atoms with Crippen LogP contribution in [0.2, 0.25) is 0 Å². The van der Waals surface area contributed by atoms with E-state index in [2.05, 4.69) is 21.0 Å². The standard InChI is InChI=1S/C5H4BrF3N2/c6-1-3-2-10-11-4(3)5(7,8)9/h2H,1H2,(H,10,11). The number of nitrogens with zero attached hydrogens (tertiary/aromatic N) is 1. The molecule has 1 rings (SSSR count). The van der Waals surface area contributed by atoms with Gasteiger partial charge >= 0.3 is 6.18 Å². The fraction of sp³-hybridized carbons (Fsp3) is 0.400. The zero-order valence-electron chi connectivity index (χ0n) is 5.24. The highest BCUT2D eigenvalue weighted by Crippen LogP contribution is 2.30. The normalized spacial score (nSPS) is 12.0. The predicted molar refractivity (Wildman–Crippen MR) is 36.2 cm³/mol. The molecule has 11 heavy (non-hydrogen) atoms. The van der Waals surface area contributed by atoms with Crippen LogP contribution in [-0.2, 0) is 11.5 Å². The third-order valence-corrected chi connectivity index (χ3v) is 1.75. The van der Waals surface area contributed by atoms with Crippen molar-refractivity contribution in [2.24, 2.45) is 0 Å². The van der Waals surface area contributed by atoms with Gasteiger partial charge in [0.2, 0.25) is 0 Å². The van der Waals surface area contributed by atoms with Gasteiger partial charge in [-0.2, -0.15) is 18.3 Å². The second kappa shape index (κ2) is 2.84. The maximum atomic E-state index is 12.0. The molecule has 1 aromatic rings. The molecule has 0 aliphatic rings. The van der Waals surface area contributed by atoms with E-state index in [-0.39, 0.29) is 10.9 Å². The summed E-state index contributed by atoms with van der Waals surface area (Å²) in [4.78, 5) is 0. The molecule has 62 valence electrons. The number of H-pyrrole nitrogens is 1. The number of hydrogen-bond donors (Lipinski definition) is 1. The zero-order valence-corrected chi connectivity index (χ0v) is 6.83. The lowest BCUT2D eigenvalue weighted by Crippen LogP contribution is -2.07. The summed E-state index contributed by atoms with van der Waals surface area (Å²) in [5, 5.41) is 5.33. The third-order valence-electron chi connectivity index (χ3n) is 1.15. The quantitative estimate of drug-likeness (QED) is 0.735. The Kier molecular flexibility index (Phi) is 2.22. The van der Waals surface area contributed by atoms with Crippen LogP contribution in [0.5, 0.6) is 0 Å². The molecule has 0 aromatic carbocycles. The Labute approximate surface area is 68.9 Å². The molecule has 0 bridgehead atoms. The summed E-state index contributed by atoms with van der Waals surface area (Å²) >= 11 is 2.92. The monoisotopic (exact) mass is 228 g/mol. The third kappa shape index (κ3) is 1.74. The summed E-state index contributed by atoms with van der Waals surface area (Å²) in [5.41, 5.74) is -0.660. The van der Waals surface area contributed by atoms with E-state index in [4.69, 9.17) is 0 Å². The fourth-order valence-corrected chi connectivity index (χ4v) is 1.08. The Bertz CT molecular complexity index is 242. The van der Waals surface area contributed by atoms with Crippen LogP contribution in [0.25, 0.3) is 0 Å². The first kappa shape index (κ1) is 8.58.